The minimum absolute atomic E-state index is 0.0976. The van der Waals surface area contributed by atoms with Crippen molar-refractivity contribution < 1.29 is 17.6 Å². The van der Waals surface area contributed by atoms with E-state index < -0.39 is 36.1 Å². The quantitative estimate of drug-likeness (QED) is 0.809. The minimum atomic E-state index is -3.45. The molecule has 4 unspecified atom stereocenters. The molecule has 1 fully saturated rings. The summed E-state index contributed by atoms with van der Waals surface area (Å²) in [5, 5.41) is 3.82. The van der Waals surface area contributed by atoms with Crippen molar-refractivity contribution >= 4 is 0 Å². The number of benzene rings is 1. The highest BCUT2D eigenvalue weighted by Gasteiger charge is 2.59. The number of rotatable bonds is 3. The van der Waals surface area contributed by atoms with E-state index in [1.807, 2.05) is 6.07 Å². The molecule has 0 spiro atoms. The van der Waals surface area contributed by atoms with E-state index in [2.05, 4.69) is 10.1 Å². The average Bonchev–Trinajstić information content (AvgIpc) is 2.97. The van der Waals surface area contributed by atoms with Gasteiger partial charge in [-0.15, -0.1) is 5.10 Å². The third-order valence-electron chi connectivity index (χ3n) is 4.32. The van der Waals surface area contributed by atoms with Crippen molar-refractivity contribution in [1.29, 1.82) is 0 Å². The Kier molecular flexibility index (Phi) is 2.83. The van der Waals surface area contributed by atoms with Crippen LogP contribution in [0.2, 0.25) is 0 Å². The van der Waals surface area contributed by atoms with E-state index in [9.17, 15) is 17.6 Å². The van der Waals surface area contributed by atoms with Crippen LogP contribution in [0.25, 0.3) is 0 Å². The molecule has 4 rings (SSSR count). The monoisotopic (exact) mass is 311 g/mol. The first-order valence-electron chi connectivity index (χ1n) is 7.16. The third kappa shape index (κ3) is 1.94. The molecule has 0 amide bonds. The van der Waals surface area contributed by atoms with Gasteiger partial charge in [-0.2, -0.15) is 8.78 Å². The maximum Gasteiger partial charge on any atom is 0.314 e. The second kappa shape index (κ2) is 4.54. The Morgan fingerprint density at radius 2 is 1.77 bits per heavy atom. The van der Waals surface area contributed by atoms with Crippen LogP contribution in [0, 0.1) is 5.92 Å². The van der Waals surface area contributed by atoms with Gasteiger partial charge in [0.25, 0.3) is 0 Å². The lowest BCUT2D eigenvalue weighted by Gasteiger charge is -2.13. The highest BCUT2D eigenvalue weighted by Crippen LogP contribution is 2.51. The van der Waals surface area contributed by atoms with Crippen LogP contribution >= 0.6 is 0 Å². The molecule has 7 heteroatoms. The van der Waals surface area contributed by atoms with Gasteiger partial charge in [-0.05, 0) is 12.0 Å². The van der Waals surface area contributed by atoms with E-state index in [1.165, 1.54) is 4.68 Å². The fraction of sp³-hybridized carbons (Fsp3) is 0.467. The first-order chi connectivity index (χ1) is 10.5. The molecule has 1 aliphatic carbocycles. The van der Waals surface area contributed by atoms with Crippen LogP contribution in [0.5, 0.6) is 0 Å². The van der Waals surface area contributed by atoms with Crippen molar-refractivity contribution in [2.45, 2.75) is 37.1 Å². The average molecular weight is 311 g/mol. The van der Waals surface area contributed by atoms with Crippen LogP contribution in [-0.2, 0) is 5.92 Å². The molecule has 4 atom stereocenters. The minimum Gasteiger partial charge on any atom is -0.247 e. The highest BCUT2D eigenvalue weighted by molar-refractivity contribution is 5.24. The molecule has 0 saturated heterocycles. The summed E-state index contributed by atoms with van der Waals surface area (Å²) in [6.45, 7) is 0. The largest absolute Gasteiger partial charge is 0.314 e. The maximum absolute atomic E-state index is 14.1. The molecule has 1 saturated carbocycles. The molecule has 2 aliphatic rings. The zero-order valence-electron chi connectivity index (χ0n) is 11.5. The second-order valence-electron chi connectivity index (χ2n) is 5.85. The van der Waals surface area contributed by atoms with Gasteiger partial charge in [-0.3, -0.25) is 0 Å². The number of aromatic nitrogens is 3. The van der Waals surface area contributed by atoms with Crippen LogP contribution in [0.4, 0.5) is 17.6 Å². The van der Waals surface area contributed by atoms with Crippen molar-refractivity contribution in [1.82, 2.24) is 14.8 Å². The van der Waals surface area contributed by atoms with Crippen LogP contribution in [0.1, 0.15) is 42.3 Å². The second-order valence-corrected chi connectivity index (χ2v) is 5.85. The molecular weight excluding hydrogens is 298 g/mol. The Morgan fingerprint density at radius 3 is 2.41 bits per heavy atom. The summed E-state index contributed by atoms with van der Waals surface area (Å²) in [5.74, 6) is -5.70. The highest BCUT2D eigenvalue weighted by atomic mass is 19.3. The summed E-state index contributed by atoms with van der Waals surface area (Å²) in [5.41, 5.74) is 0.790. The predicted octanol–water partition coefficient (Wildman–Crippen LogP) is 3.73. The van der Waals surface area contributed by atoms with Crippen LogP contribution in [0.15, 0.2) is 30.3 Å². The van der Waals surface area contributed by atoms with Gasteiger partial charge < -0.3 is 0 Å². The molecule has 0 N–H and O–H groups in total. The Balaban J connectivity index is 1.72. The number of hydrogen-bond acceptors (Lipinski definition) is 2. The number of hydrogen-bond donors (Lipinski definition) is 0. The van der Waals surface area contributed by atoms with Crippen molar-refractivity contribution in [3.63, 3.8) is 0 Å². The van der Waals surface area contributed by atoms with Gasteiger partial charge in [-0.25, -0.2) is 18.4 Å². The lowest BCUT2D eigenvalue weighted by atomic mass is 10.0. The van der Waals surface area contributed by atoms with Crippen LogP contribution < -0.4 is 0 Å². The predicted molar refractivity (Wildman–Crippen MR) is 70.0 cm³/mol. The zero-order valence-corrected chi connectivity index (χ0v) is 11.5. The van der Waals surface area contributed by atoms with Gasteiger partial charge >= 0.3 is 5.92 Å². The lowest BCUT2D eigenvalue weighted by Crippen LogP contribution is -2.21. The summed E-state index contributed by atoms with van der Waals surface area (Å²) in [4.78, 5) is 3.68. The van der Waals surface area contributed by atoms with Gasteiger partial charge in [0, 0.05) is 6.42 Å². The topological polar surface area (TPSA) is 30.7 Å². The van der Waals surface area contributed by atoms with E-state index in [1.54, 1.807) is 24.3 Å². The molecular formula is C15H13F4N3. The van der Waals surface area contributed by atoms with Crippen molar-refractivity contribution in [3.05, 3.63) is 47.5 Å². The summed E-state index contributed by atoms with van der Waals surface area (Å²) < 4.78 is 56.5. The fourth-order valence-electron chi connectivity index (χ4n) is 2.98. The summed E-state index contributed by atoms with van der Waals surface area (Å²) in [6, 6.07) is 8.55. The van der Waals surface area contributed by atoms with E-state index in [4.69, 9.17) is 0 Å². The zero-order chi connectivity index (χ0) is 15.5. The van der Waals surface area contributed by atoms with E-state index >= 15 is 0 Å². The van der Waals surface area contributed by atoms with Gasteiger partial charge in [0.2, 0.25) is 5.82 Å². The summed E-state index contributed by atoms with van der Waals surface area (Å²) in [7, 11) is 0. The maximum atomic E-state index is 14.1. The Hall–Kier alpha value is -1.92. The van der Waals surface area contributed by atoms with Crippen LogP contribution in [0.3, 0.4) is 0 Å². The molecule has 0 radical (unpaired) electrons. The van der Waals surface area contributed by atoms with Gasteiger partial charge in [0.15, 0.2) is 12.0 Å². The molecule has 1 aromatic carbocycles. The normalized spacial score (nSPS) is 30.4. The first kappa shape index (κ1) is 13.7. The SMILES string of the molecule is FC1CC(c2ccccc2)n2nc(C(F)(F)C3CC3F)nc21. The molecule has 116 valence electrons. The molecule has 22 heavy (non-hydrogen) atoms. The molecule has 0 bridgehead atoms. The Morgan fingerprint density at radius 1 is 1.09 bits per heavy atom. The van der Waals surface area contributed by atoms with Gasteiger partial charge in [0.05, 0.1) is 12.0 Å². The first-order valence-corrected chi connectivity index (χ1v) is 7.16. The van der Waals surface area contributed by atoms with Crippen LogP contribution in [-0.4, -0.2) is 20.9 Å². The number of fused-ring (bicyclic) bond motifs is 1. The van der Waals surface area contributed by atoms with Crippen molar-refractivity contribution in [2.24, 2.45) is 5.92 Å². The van der Waals surface area contributed by atoms with Crippen molar-refractivity contribution in [3.8, 4) is 0 Å². The third-order valence-corrected chi connectivity index (χ3v) is 4.32. The number of nitrogens with zero attached hydrogens (tertiary/aromatic N) is 3. The lowest BCUT2D eigenvalue weighted by molar-refractivity contribution is -0.0445. The van der Waals surface area contributed by atoms with Gasteiger partial charge in [-0.1, -0.05) is 30.3 Å². The summed E-state index contributed by atoms with van der Waals surface area (Å²) in [6.07, 6.45) is -3.04. The standard InChI is InChI=1S/C15H13F4N3/c16-10-6-9(10)15(18,19)14-20-13-11(17)7-12(22(13)21-14)8-4-2-1-3-5-8/h1-5,9-12H,6-7H2. The molecule has 3 nitrogen and oxygen atoms in total. The Bertz CT molecular complexity index is 700. The van der Waals surface area contributed by atoms with Gasteiger partial charge in [0.1, 0.15) is 6.17 Å². The van der Waals surface area contributed by atoms with E-state index in [-0.39, 0.29) is 18.7 Å². The molecule has 1 aromatic heterocycles. The fourth-order valence-corrected chi connectivity index (χ4v) is 2.98. The smallest absolute Gasteiger partial charge is 0.247 e. The van der Waals surface area contributed by atoms with Crippen molar-refractivity contribution in [2.75, 3.05) is 0 Å². The molecule has 1 aliphatic heterocycles. The molecule has 2 aromatic rings. The number of halogens is 4. The number of alkyl halides is 4. The molecule has 2 heterocycles. The van der Waals surface area contributed by atoms with E-state index in [0.29, 0.717) is 0 Å². The summed E-state index contributed by atoms with van der Waals surface area (Å²) >= 11 is 0. The van der Waals surface area contributed by atoms with E-state index in [0.717, 1.165) is 5.56 Å². The Labute approximate surface area is 124 Å².